The molecule has 0 bridgehead atoms. The van der Waals surface area contributed by atoms with E-state index in [1.807, 2.05) is 66.9 Å². The Bertz CT molecular complexity index is 3940. The third-order valence-corrected chi connectivity index (χ3v) is 12.9. The topological polar surface area (TPSA) is 69.6 Å². The van der Waals surface area contributed by atoms with Gasteiger partial charge in [-0.1, -0.05) is 176 Å². The molecule has 6 heteroatoms. The number of hydrogen-bond acceptors (Lipinski definition) is 5. The largest absolute Gasteiger partial charge is 0.456 e. The van der Waals surface area contributed by atoms with Crippen LogP contribution in [0.2, 0.25) is 0 Å². The molecule has 4 heterocycles. The van der Waals surface area contributed by atoms with Crippen molar-refractivity contribution in [3.8, 4) is 84.5 Å². The summed E-state index contributed by atoms with van der Waals surface area (Å²) in [6.07, 6.45) is 1.96. The number of pyridine rings is 1. The number of benzene rings is 9. The number of aromatic nitrogens is 5. The Labute approximate surface area is 392 Å². The summed E-state index contributed by atoms with van der Waals surface area (Å²) < 4.78 is 9.14. The van der Waals surface area contributed by atoms with Gasteiger partial charge < -0.3 is 8.98 Å². The molecule has 318 valence electrons. The summed E-state index contributed by atoms with van der Waals surface area (Å²) >= 11 is 0. The van der Waals surface area contributed by atoms with Crippen LogP contribution >= 0.6 is 0 Å². The molecule has 0 unspecified atom stereocenters. The Morgan fingerprint density at radius 3 is 1.53 bits per heavy atom. The summed E-state index contributed by atoms with van der Waals surface area (Å²) in [5.74, 6) is 1.68. The lowest BCUT2D eigenvalue weighted by Crippen LogP contribution is -2.02. The van der Waals surface area contributed by atoms with Gasteiger partial charge in [-0.2, -0.15) is 0 Å². The molecule has 68 heavy (non-hydrogen) atoms. The molecule has 0 aliphatic carbocycles. The number of nitrogens with zero attached hydrogens (tertiary/aromatic N) is 5. The van der Waals surface area contributed by atoms with Crippen molar-refractivity contribution in [3.05, 3.63) is 237 Å². The Morgan fingerprint density at radius 1 is 0.309 bits per heavy atom. The second kappa shape index (κ2) is 16.3. The third kappa shape index (κ3) is 6.82. The zero-order valence-corrected chi connectivity index (χ0v) is 36.7. The number of furan rings is 1. The molecule has 0 atom stereocenters. The van der Waals surface area contributed by atoms with Crippen molar-refractivity contribution in [1.29, 1.82) is 0 Å². The minimum absolute atomic E-state index is 0.520. The molecule has 13 aromatic rings. The molecule has 0 saturated carbocycles. The molecule has 0 spiro atoms. The highest BCUT2D eigenvalue weighted by molar-refractivity contribution is 6.17. The molecule has 0 radical (unpaired) electrons. The van der Waals surface area contributed by atoms with E-state index in [0.717, 1.165) is 100.0 Å². The lowest BCUT2D eigenvalue weighted by atomic mass is 9.91. The Kier molecular flexibility index (Phi) is 9.39. The summed E-state index contributed by atoms with van der Waals surface area (Å²) in [6, 6.07) is 80.1. The standard InChI is InChI=1S/C62H39N5O/c1-6-18-40(19-7-1)48-32-30-44(34-51(48)41-20-8-2-9-21-41)46-35-54(62-65-60(42-22-10-3-11-23-42)64-61(66-62)43-24-12-4-13-25-43)59(63-39-46)45-31-33-50-53-37-52-49-28-16-17-29-55(49)67(47-26-14-5-15-27-47)56(52)38-58(53)68-57(50)36-45/h1-39H. The Hall–Kier alpha value is -9.26. The van der Waals surface area contributed by atoms with Crippen LogP contribution in [0.1, 0.15) is 0 Å². The average molecular weight is 870 g/mol. The molecular formula is C62H39N5O. The Morgan fingerprint density at radius 2 is 0.853 bits per heavy atom. The second-order valence-corrected chi connectivity index (χ2v) is 17.0. The summed E-state index contributed by atoms with van der Waals surface area (Å²) in [6.45, 7) is 0. The maximum atomic E-state index is 6.82. The first kappa shape index (κ1) is 39.1. The normalized spacial score (nSPS) is 11.5. The summed E-state index contributed by atoms with van der Waals surface area (Å²) in [7, 11) is 0. The van der Waals surface area contributed by atoms with E-state index >= 15 is 0 Å². The van der Waals surface area contributed by atoms with E-state index in [1.54, 1.807) is 0 Å². The highest BCUT2D eigenvalue weighted by Crippen LogP contribution is 2.42. The van der Waals surface area contributed by atoms with E-state index in [4.69, 9.17) is 24.4 Å². The van der Waals surface area contributed by atoms with Gasteiger partial charge in [0, 0.05) is 67.3 Å². The minimum Gasteiger partial charge on any atom is -0.456 e. The number of rotatable bonds is 8. The van der Waals surface area contributed by atoms with E-state index in [-0.39, 0.29) is 0 Å². The van der Waals surface area contributed by atoms with Gasteiger partial charge in [-0.3, -0.25) is 4.98 Å². The zero-order valence-electron chi connectivity index (χ0n) is 36.7. The fraction of sp³-hybridized carbons (Fsp3) is 0. The lowest BCUT2D eigenvalue weighted by molar-refractivity contribution is 0.669. The van der Waals surface area contributed by atoms with Crippen molar-refractivity contribution < 1.29 is 4.42 Å². The summed E-state index contributed by atoms with van der Waals surface area (Å²) in [5.41, 5.74) is 15.7. The summed E-state index contributed by atoms with van der Waals surface area (Å²) in [4.78, 5) is 20.8. The molecule has 6 nitrogen and oxygen atoms in total. The van der Waals surface area contributed by atoms with Crippen molar-refractivity contribution in [2.45, 2.75) is 0 Å². The molecule has 13 rings (SSSR count). The highest BCUT2D eigenvalue weighted by atomic mass is 16.3. The van der Waals surface area contributed by atoms with Gasteiger partial charge >= 0.3 is 0 Å². The smallest absolute Gasteiger partial charge is 0.166 e. The predicted molar refractivity (Wildman–Crippen MR) is 277 cm³/mol. The molecule has 0 fully saturated rings. The van der Waals surface area contributed by atoms with Crippen LogP contribution in [0.4, 0.5) is 0 Å². The summed E-state index contributed by atoms with van der Waals surface area (Å²) in [5, 5.41) is 4.46. The van der Waals surface area contributed by atoms with E-state index in [2.05, 4.69) is 174 Å². The fourth-order valence-electron chi connectivity index (χ4n) is 9.64. The molecule has 9 aromatic carbocycles. The van der Waals surface area contributed by atoms with Crippen molar-refractivity contribution in [1.82, 2.24) is 24.5 Å². The van der Waals surface area contributed by atoms with Crippen LogP contribution in [0.5, 0.6) is 0 Å². The fourth-order valence-corrected chi connectivity index (χ4v) is 9.64. The van der Waals surface area contributed by atoms with Crippen molar-refractivity contribution >= 4 is 43.7 Å². The number of para-hydroxylation sites is 2. The Balaban J connectivity index is 1.02. The van der Waals surface area contributed by atoms with Crippen molar-refractivity contribution in [2.24, 2.45) is 0 Å². The number of hydrogen-bond donors (Lipinski definition) is 0. The lowest BCUT2D eigenvalue weighted by Gasteiger charge is -2.15. The predicted octanol–water partition coefficient (Wildman–Crippen LogP) is 15.9. The van der Waals surface area contributed by atoms with Gasteiger partial charge in [0.2, 0.25) is 0 Å². The first-order valence-electron chi connectivity index (χ1n) is 22.8. The maximum absolute atomic E-state index is 6.82. The minimum atomic E-state index is 0.520. The van der Waals surface area contributed by atoms with Gasteiger partial charge in [0.1, 0.15) is 11.2 Å². The van der Waals surface area contributed by atoms with Crippen LogP contribution in [0.25, 0.3) is 128 Å². The van der Waals surface area contributed by atoms with Gasteiger partial charge in [-0.15, -0.1) is 0 Å². The SMILES string of the molecule is c1ccc(-c2nc(-c3ccccc3)nc(-c3cc(-c4ccc(-c5ccccc5)c(-c5ccccc5)c4)cnc3-c3ccc4c(c3)oc3cc5c(cc34)c3ccccc3n5-c3ccccc3)n2)cc1. The van der Waals surface area contributed by atoms with Crippen LogP contribution < -0.4 is 0 Å². The average Bonchev–Trinajstić information content (AvgIpc) is 3.95. The first-order valence-corrected chi connectivity index (χ1v) is 22.8. The molecule has 0 aliphatic rings. The van der Waals surface area contributed by atoms with Crippen LogP contribution in [-0.4, -0.2) is 24.5 Å². The molecular weight excluding hydrogens is 831 g/mol. The van der Waals surface area contributed by atoms with E-state index in [1.165, 1.54) is 10.8 Å². The van der Waals surface area contributed by atoms with Gasteiger partial charge in [0.25, 0.3) is 0 Å². The quantitative estimate of drug-likeness (QED) is 0.152. The van der Waals surface area contributed by atoms with Gasteiger partial charge in [-0.05, 0) is 76.3 Å². The van der Waals surface area contributed by atoms with Crippen LogP contribution in [-0.2, 0) is 0 Å². The van der Waals surface area contributed by atoms with Crippen molar-refractivity contribution in [2.75, 3.05) is 0 Å². The van der Waals surface area contributed by atoms with Crippen LogP contribution in [0.3, 0.4) is 0 Å². The monoisotopic (exact) mass is 869 g/mol. The highest BCUT2D eigenvalue weighted by Gasteiger charge is 2.21. The molecule has 4 aromatic heterocycles. The third-order valence-electron chi connectivity index (χ3n) is 12.9. The molecule has 0 amide bonds. The molecule has 0 aliphatic heterocycles. The second-order valence-electron chi connectivity index (χ2n) is 17.0. The zero-order chi connectivity index (χ0) is 45.0. The first-order chi connectivity index (χ1) is 33.7. The molecule has 0 saturated heterocycles. The molecule has 0 N–H and O–H groups in total. The van der Waals surface area contributed by atoms with Crippen molar-refractivity contribution in [3.63, 3.8) is 0 Å². The van der Waals surface area contributed by atoms with Crippen LogP contribution in [0, 0.1) is 0 Å². The maximum Gasteiger partial charge on any atom is 0.166 e. The van der Waals surface area contributed by atoms with Gasteiger partial charge in [0.05, 0.1) is 16.7 Å². The van der Waals surface area contributed by atoms with Crippen LogP contribution in [0.15, 0.2) is 241 Å². The number of fused-ring (bicyclic) bond motifs is 6. The van der Waals surface area contributed by atoms with E-state index in [9.17, 15) is 0 Å². The van der Waals surface area contributed by atoms with E-state index < -0.39 is 0 Å². The van der Waals surface area contributed by atoms with Gasteiger partial charge in [-0.25, -0.2) is 15.0 Å². The van der Waals surface area contributed by atoms with E-state index in [0.29, 0.717) is 17.5 Å². The van der Waals surface area contributed by atoms with Gasteiger partial charge in [0.15, 0.2) is 17.5 Å².